The fourth-order valence-electron chi connectivity index (χ4n) is 2.40. The zero-order chi connectivity index (χ0) is 15.7. The van der Waals surface area contributed by atoms with Gasteiger partial charge in [0.2, 0.25) is 5.95 Å². The van der Waals surface area contributed by atoms with Crippen LogP contribution >= 0.6 is 15.9 Å². The molecule has 0 unspecified atom stereocenters. The highest BCUT2D eigenvalue weighted by Crippen LogP contribution is 2.39. The van der Waals surface area contributed by atoms with Crippen molar-refractivity contribution in [2.75, 3.05) is 24.3 Å². The third-order valence-electron chi connectivity index (χ3n) is 3.43. The van der Waals surface area contributed by atoms with E-state index in [0.29, 0.717) is 34.3 Å². The van der Waals surface area contributed by atoms with Gasteiger partial charge in [0.1, 0.15) is 11.6 Å². The summed E-state index contributed by atoms with van der Waals surface area (Å²) in [6, 6.07) is 3.58. The van der Waals surface area contributed by atoms with Gasteiger partial charge in [-0.1, -0.05) is 0 Å². The first-order valence-corrected chi connectivity index (χ1v) is 7.82. The van der Waals surface area contributed by atoms with Gasteiger partial charge >= 0.3 is 0 Å². The van der Waals surface area contributed by atoms with E-state index in [1.54, 1.807) is 13.1 Å². The monoisotopic (exact) mass is 366 g/mol. The van der Waals surface area contributed by atoms with Crippen LogP contribution in [0.1, 0.15) is 17.7 Å². The Morgan fingerprint density at radius 1 is 1.32 bits per heavy atom. The number of ether oxygens (including phenoxy) is 1. The fourth-order valence-corrected chi connectivity index (χ4v) is 2.99. The maximum Gasteiger partial charge on any atom is 0.229 e. The lowest BCUT2D eigenvalue weighted by Crippen LogP contribution is -2.11. The minimum atomic E-state index is -0.406. The van der Waals surface area contributed by atoms with Crippen LogP contribution in [0.15, 0.2) is 16.6 Å². The molecule has 7 heteroatoms. The van der Waals surface area contributed by atoms with Gasteiger partial charge in [0.25, 0.3) is 0 Å². The van der Waals surface area contributed by atoms with Crippen molar-refractivity contribution in [3.8, 4) is 5.75 Å². The lowest BCUT2D eigenvalue weighted by atomic mass is 10.1. The van der Waals surface area contributed by atoms with E-state index in [0.717, 1.165) is 24.1 Å². The molecule has 0 fully saturated rings. The van der Waals surface area contributed by atoms with Gasteiger partial charge in [0.05, 0.1) is 16.8 Å². The van der Waals surface area contributed by atoms with Crippen LogP contribution in [0.2, 0.25) is 0 Å². The van der Waals surface area contributed by atoms with Crippen LogP contribution < -0.4 is 15.4 Å². The third-order valence-corrected chi connectivity index (χ3v) is 4.14. The molecule has 1 aliphatic rings. The molecule has 2 N–H and O–H groups in total. The number of nitrogens with zero attached hydrogens (tertiary/aromatic N) is 2. The van der Waals surface area contributed by atoms with Crippen LogP contribution in [0.4, 0.5) is 21.8 Å². The standard InChI is InChI=1S/C15H16BrFN4O/c1-8-6-11(18-2)21-15(19-8)20-10-7-9-4-3-5-22-14(9)12(16)13(10)17/h6-7H,3-5H2,1-2H3,(H2,18,19,20,21). The molecule has 1 aromatic carbocycles. The highest BCUT2D eigenvalue weighted by Gasteiger charge is 2.21. The van der Waals surface area contributed by atoms with Gasteiger partial charge in [-0.15, -0.1) is 0 Å². The van der Waals surface area contributed by atoms with Crippen molar-refractivity contribution in [3.05, 3.63) is 33.7 Å². The number of rotatable bonds is 3. The Hall–Kier alpha value is -1.89. The topological polar surface area (TPSA) is 59.1 Å². The third kappa shape index (κ3) is 2.85. The summed E-state index contributed by atoms with van der Waals surface area (Å²) < 4.78 is 20.4. The maximum absolute atomic E-state index is 14.5. The number of hydrogen-bond acceptors (Lipinski definition) is 5. The molecule has 0 atom stereocenters. The Kier molecular flexibility index (Phi) is 4.15. The molecule has 0 radical (unpaired) electrons. The molecule has 2 heterocycles. The first-order chi connectivity index (χ1) is 10.6. The second-order valence-electron chi connectivity index (χ2n) is 5.09. The van der Waals surface area contributed by atoms with Crippen LogP contribution in [-0.4, -0.2) is 23.6 Å². The summed E-state index contributed by atoms with van der Waals surface area (Å²) >= 11 is 3.28. The molecular weight excluding hydrogens is 351 g/mol. The van der Waals surface area contributed by atoms with Gasteiger partial charge in [-0.25, -0.2) is 9.37 Å². The molecule has 116 valence electrons. The first-order valence-electron chi connectivity index (χ1n) is 7.02. The maximum atomic E-state index is 14.5. The van der Waals surface area contributed by atoms with Crippen molar-refractivity contribution >= 4 is 33.4 Å². The van der Waals surface area contributed by atoms with E-state index in [-0.39, 0.29) is 0 Å². The summed E-state index contributed by atoms with van der Waals surface area (Å²) in [7, 11) is 1.78. The smallest absolute Gasteiger partial charge is 0.229 e. The SMILES string of the molecule is CNc1cc(C)nc(Nc2cc3c(c(Br)c2F)OCCC3)n1. The lowest BCUT2D eigenvalue weighted by Gasteiger charge is -2.20. The Labute approximate surface area is 136 Å². The van der Waals surface area contributed by atoms with Gasteiger partial charge in [-0.3, -0.25) is 0 Å². The van der Waals surface area contributed by atoms with E-state index in [2.05, 4.69) is 36.5 Å². The summed E-state index contributed by atoms with van der Waals surface area (Å²) in [5.74, 6) is 1.22. The van der Waals surface area contributed by atoms with E-state index in [9.17, 15) is 4.39 Å². The average molecular weight is 367 g/mol. The highest BCUT2D eigenvalue weighted by molar-refractivity contribution is 9.10. The van der Waals surface area contributed by atoms with Gasteiger partial charge in [-0.2, -0.15) is 4.98 Å². The quantitative estimate of drug-likeness (QED) is 0.864. The molecule has 0 saturated carbocycles. The molecule has 0 amide bonds. The Morgan fingerprint density at radius 2 is 2.14 bits per heavy atom. The predicted octanol–water partition coefficient (Wildman–Crippen LogP) is 3.80. The Bertz CT molecular complexity index is 723. The summed E-state index contributed by atoms with van der Waals surface area (Å²) in [5.41, 5.74) is 2.11. The second kappa shape index (κ2) is 6.08. The van der Waals surface area contributed by atoms with Crippen molar-refractivity contribution in [1.82, 2.24) is 9.97 Å². The Morgan fingerprint density at radius 3 is 2.91 bits per heavy atom. The Balaban J connectivity index is 1.99. The van der Waals surface area contributed by atoms with Crippen molar-refractivity contribution in [2.24, 2.45) is 0 Å². The normalized spacial score (nSPS) is 13.3. The van der Waals surface area contributed by atoms with Gasteiger partial charge in [0.15, 0.2) is 5.82 Å². The molecule has 22 heavy (non-hydrogen) atoms. The molecule has 0 bridgehead atoms. The van der Waals surface area contributed by atoms with Crippen LogP contribution in [-0.2, 0) is 6.42 Å². The van der Waals surface area contributed by atoms with Crippen molar-refractivity contribution in [1.29, 1.82) is 0 Å². The summed E-state index contributed by atoms with van der Waals surface area (Å²) in [5, 5.41) is 5.91. The zero-order valence-electron chi connectivity index (χ0n) is 12.3. The van der Waals surface area contributed by atoms with Crippen LogP contribution in [0.5, 0.6) is 5.75 Å². The summed E-state index contributed by atoms with van der Waals surface area (Å²) in [4.78, 5) is 8.57. The van der Waals surface area contributed by atoms with Gasteiger partial charge < -0.3 is 15.4 Å². The molecule has 0 spiro atoms. The van der Waals surface area contributed by atoms with Crippen LogP contribution in [0.25, 0.3) is 0 Å². The van der Waals surface area contributed by atoms with E-state index < -0.39 is 5.82 Å². The molecule has 5 nitrogen and oxygen atoms in total. The first kappa shape index (κ1) is 15.0. The predicted molar refractivity (Wildman–Crippen MR) is 87.5 cm³/mol. The molecule has 3 rings (SSSR count). The molecular formula is C15H16BrFN4O. The highest BCUT2D eigenvalue weighted by atomic mass is 79.9. The van der Waals surface area contributed by atoms with Crippen molar-refractivity contribution in [2.45, 2.75) is 19.8 Å². The summed E-state index contributed by atoms with van der Waals surface area (Å²) in [6.07, 6.45) is 1.79. The van der Waals surface area contributed by atoms with Gasteiger partial charge in [0, 0.05) is 18.8 Å². The fraction of sp³-hybridized carbons (Fsp3) is 0.333. The van der Waals surface area contributed by atoms with E-state index >= 15 is 0 Å². The number of hydrogen-bond donors (Lipinski definition) is 2. The summed E-state index contributed by atoms with van der Waals surface area (Å²) in [6.45, 7) is 2.48. The average Bonchev–Trinajstić information content (AvgIpc) is 2.52. The largest absolute Gasteiger partial charge is 0.492 e. The second-order valence-corrected chi connectivity index (χ2v) is 5.88. The molecule has 1 aliphatic heterocycles. The number of anilines is 3. The van der Waals surface area contributed by atoms with E-state index in [1.807, 2.05) is 13.0 Å². The zero-order valence-corrected chi connectivity index (χ0v) is 13.9. The van der Waals surface area contributed by atoms with Crippen LogP contribution in [0.3, 0.4) is 0 Å². The molecule has 0 saturated heterocycles. The number of aryl methyl sites for hydroxylation is 2. The van der Waals surface area contributed by atoms with Crippen LogP contribution in [0, 0.1) is 12.7 Å². The number of fused-ring (bicyclic) bond motifs is 1. The molecule has 2 aromatic rings. The van der Waals surface area contributed by atoms with E-state index in [4.69, 9.17) is 4.74 Å². The lowest BCUT2D eigenvalue weighted by molar-refractivity contribution is 0.284. The minimum absolute atomic E-state index is 0.337. The van der Waals surface area contributed by atoms with E-state index in [1.165, 1.54) is 0 Å². The minimum Gasteiger partial charge on any atom is -0.492 e. The van der Waals surface area contributed by atoms with Gasteiger partial charge in [-0.05, 0) is 47.3 Å². The number of aromatic nitrogens is 2. The number of nitrogens with one attached hydrogen (secondary N) is 2. The number of halogens is 2. The molecule has 0 aliphatic carbocycles. The van der Waals surface area contributed by atoms with Crippen molar-refractivity contribution in [3.63, 3.8) is 0 Å². The number of benzene rings is 1. The molecule has 1 aromatic heterocycles. The van der Waals surface area contributed by atoms with Crippen molar-refractivity contribution < 1.29 is 9.13 Å².